The molecule has 0 unspecified atom stereocenters. The second-order valence-corrected chi connectivity index (χ2v) is 5.77. The van der Waals surface area contributed by atoms with Crippen molar-refractivity contribution >= 4 is 18.1 Å². The van der Waals surface area contributed by atoms with Crippen LogP contribution < -0.4 is 18.9 Å². The lowest BCUT2D eigenvalue weighted by Crippen LogP contribution is -2.16. The quantitative estimate of drug-likeness (QED) is 0.769. The van der Waals surface area contributed by atoms with Crippen LogP contribution in [0, 0.1) is 0 Å². The molecule has 0 atom stereocenters. The second kappa shape index (κ2) is 8.81. The lowest BCUT2D eigenvalue weighted by Gasteiger charge is -2.21. The van der Waals surface area contributed by atoms with Gasteiger partial charge in [0.2, 0.25) is 0 Å². The van der Waals surface area contributed by atoms with Gasteiger partial charge in [-0.05, 0) is 30.2 Å². The van der Waals surface area contributed by atoms with E-state index in [1.165, 1.54) is 5.56 Å². The maximum Gasteiger partial charge on any atom is 0.164 e. The third-order valence-corrected chi connectivity index (χ3v) is 4.45. The van der Waals surface area contributed by atoms with Gasteiger partial charge >= 0.3 is 0 Å². The number of rotatable bonds is 6. The zero-order valence-corrected chi connectivity index (χ0v) is 16.3. The summed E-state index contributed by atoms with van der Waals surface area (Å²) in [6.45, 7) is 0.768. The van der Waals surface area contributed by atoms with E-state index in [-0.39, 0.29) is 12.4 Å². The van der Waals surface area contributed by atoms with Crippen molar-refractivity contribution < 1.29 is 18.9 Å². The summed E-state index contributed by atoms with van der Waals surface area (Å²) in [7, 11) is 6.61. The van der Waals surface area contributed by atoms with Gasteiger partial charge in [-0.1, -0.05) is 12.1 Å². The highest BCUT2D eigenvalue weighted by Crippen LogP contribution is 2.35. The summed E-state index contributed by atoms with van der Waals surface area (Å²) in [5.41, 5.74) is 4.40. The predicted molar refractivity (Wildman–Crippen MR) is 105 cm³/mol. The Labute approximate surface area is 160 Å². The largest absolute Gasteiger partial charge is 0.493 e. The minimum absolute atomic E-state index is 0. The van der Waals surface area contributed by atoms with Crippen molar-refractivity contribution in [3.63, 3.8) is 0 Å². The summed E-state index contributed by atoms with van der Waals surface area (Å²) in [5, 5.41) is 0. The number of aliphatic imine (C=N–C) groups is 1. The molecule has 0 fully saturated rings. The van der Waals surface area contributed by atoms with E-state index in [1.54, 1.807) is 28.4 Å². The van der Waals surface area contributed by atoms with Crippen LogP contribution in [-0.4, -0.2) is 40.7 Å². The SMILES string of the molecule is COc1cc2c(cc1OC)C(Cc1cccc(OC)c1OC)=NCC2.Cl. The molecule has 1 heterocycles. The fourth-order valence-corrected chi connectivity index (χ4v) is 3.22. The number of ether oxygens (including phenoxy) is 4. The highest BCUT2D eigenvalue weighted by Gasteiger charge is 2.20. The van der Waals surface area contributed by atoms with Gasteiger partial charge in [0.05, 0.1) is 28.4 Å². The molecular formula is C20H24ClNO4. The van der Waals surface area contributed by atoms with Crippen LogP contribution in [0.2, 0.25) is 0 Å². The van der Waals surface area contributed by atoms with E-state index in [4.69, 9.17) is 23.9 Å². The van der Waals surface area contributed by atoms with Crippen LogP contribution in [0.5, 0.6) is 23.0 Å². The van der Waals surface area contributed by atoms with Crippen LogP contribution in [-0.2, 0) is 12.8 Å². The Morgan fingerprint density at radius 1 is 0.885 bits per heavy atom. The Hall–Kier alpha value is -2.40. The van der Waals surface area contributed by atoms with Crippen molar-refractivity contribution in [3.05, 3.63) is 47.0 Å². The summed E-state index contributed by atoms with van der Waals surface area (Å²) in [6.07, 6.45) is 1.57. The number of hydrogen-bond acceptors (Lipinski definition) is 5. The first-order chi connectivity index (χ1) is 12.2. The number of hydrogen-bond donors (Lipinski definition) is 0. The van der Waals surface area contributed by atoms with Gasteiger partial charge < -0.3 is 18.9 Å². The van der Waals surface area contributed by atoms with Crippen LogP contribution in [0.25, 0.3) is 0 Å². The van der Waals surface area contributed by atoms with E-state index in [2.05, 4.69) is 0 Å². The standard InChI is InChI=1S/C20H23NO4.ClH/c1-22-17-7-5-6-14(20(17)25-4)10-16-15-12-19(24-3)18(23-2)11-13(15)8-9-21-16;/h5-7,11-12H,8-10H2,1-4H3;1H. The minimum Gasteiger partial charge on any atom is -0.493 e. The Morgan fingerprint density at radius 2 is 1.58 bits per heavy atom. The van der Waals surface area contributed by atoms with Gasteiger partial charge in [0.15, 0.2) is 23.0 Å². The summed E-state index contributed by atoms with van der Waals surface area (Å²) in [4.78, 5) is 4.75. The van der Waals surface area contributed by atoms with E-state index in [1.807, 2.05) is 30.3 Å². The van der Waals surface area contributed by atoms with Crippen LogP contribution in [0.3, 0.4) is 0 Å². The molecule has 1 aliphatic heterocycles. The zero-order chi connectivity index (χ0) is 17.8. The molecule has 0 bridgehead atoms. The molecule has 0 radical (unpaired) electrons. The highest BCUT2D eigenvalue weighted by molar-refractivity contribution is 6.04. The lowest BCUT2D eigenvalue weighted by molar-refractivity contribution is 0.352. The first-order valence-corrected chi connectivity index (χ1v) is 8.20. The fraction of sp³-hybridized carbons (Fsp3) is 0.350. The maximum absolute atomic E-state index is 5.55. The highest BCUT2D eigenvalue weighted by atomic mass is 35.5. The molecular weight excluding hydrogens is 354 g/mol. The van der Waals surface area contributed by atoms with Gasteiger partial charge in [0.25, 0.3) is 0 Å². The molecule has 1 aliphatic rings. The average Bonchev–Trinajstić information content (AvgIpc) is 2.66. The number of para-hydroxylation sites is 1. The Morgan fingerprint density at radius 3 is 2.23 bits per heavy atom. The average molecular weight is 378 g/mol. The van der Waals surface area contributed by atoms with Crippen LogP contribution in [0.4, 0.5) is 0 Å². The monoisotopic (exact) mass is 377 g/mol. The summed E-state index contributed by atoms with van der Waals surface area (Å²) >= 11 is 0. The van der Waals surface area contributed by atoms with Gasteiger partial charge in [-0.25, -0.2) is 0 Å². The van der Waals surface area contributed by atoms with Crippen LogP contribution >= 0.6 is 12.4 Å². The molecule has 0 saturated carbocycles. The third kappa shape index (κ3) is 3.73. The molecule has 6 heteroatoms. The number of benzene rings is 2. The molecule has 0 N–H and O–H groups in total. The van der Waals surface area contributed by atoms with Crippen molar-refractivity contribution in [1.82, 2.24) is 0 Å². The molecule has 2 aromatic carbocycles. The predicted octanol–water partition coefficient (Wildman–Crippen LogP) is 3.73. The molecule has 2 aromatic rings. The number of methoxy groups -OCH3 is 4. The second-order valence-electron chi connectivity index (χ2n) is 5.77. The van der Waals surface area contributed by atoms with E-state index in [0.29, 0.717) is 12.2 Å². The van der Waals surface area contributed by atoms with Crippen molar-refractivity contribution in [2.45, 2.75) is 12.8 Å². The van der Waals surface area contributed by atoms with Gasteiger partial charge in [0, 0.05) is 29.8 Å². The first-order valence-electron chi connectivity index (χ1n) is 8.20. The number of fused-ring (bicyclic) bond motifs is 1. The molecule has 26 heavy (non-hydrogen) atoms. The minimum atomic E-state index is 0. The molecule has 140 valence electrons. The van der Waals surface area contributed by atoms with E-state index >= 15 is 0 Å². The molecule has 0 aromatic heterocycles. The summed E-state index contributed by atoms with van der Waals surface area (Å²) in [5.74, 6) is 2.94. The number of nitrogens with zero attached hydrogens (tertiary/aromatic N) is 1. The van der Waals surface area contributed by atoms with Crippen molar-refractivity contribution in [2.75, 3.05) is 35.0 Å². The summed E-state index contributed by atoms with van der Waals surface area (Å²) in [6, 6.07) is 9.96. The van der Waals surface area contributed by atoms with Crippen molar-refractivity contribution in [3.8, 4) is 23.0 Å². The molecule has 0 saturated heterocycles. The van der Waals surface area contributed by atoms with Crippen LogP contribution in [0.15, 0.2) is 35.3 Å². The van der Waals surface area contributed by atoms with Gasteiger partial charge in [0.1, 0.15) is 0 Å². The van der Waals surface area contributed by atoms with Crippen LogP contribution in [0.1, 0.15) is 16.7 Å². The third-order valence-electron chi connectivity index (χ3n) is 4.45. The van der Waals surface area contributed by atoms with E-state index in [9.17, 15) is 0 Å². The normalized spacial score (nSPS) is 12.4. The smallest absolute Gasteiger partial charge is 0.164 e. The molecule has 0 aliphatic carbocycles. The van der Waals surface area contributed by atoms with Gasteiger partial charge in [-0.15, -0.1) is 12.4 Å². The van der Waals surface area contributed by atoms with Gasteiger partial charge in [-0.2, -0.15) is 0 Å². The molecule has 5 nitrogen and oxygen atoms in total. The number of halogens is 1. The zero-order valence-electron chi connectivity index (χ0n) is 15.5. The Balaban J connectivity index is 0.00000243. The van der Waals surface area contributed by atoms with E-state index < -0.39 is 0 Å². The Kier molecular flexibility index (Phi) is 6.75. The van der Waals surface area contributed by atoms with E-state index in [0.717, 1.165) is 47.1 Å². The first kappa shape index (κ1) is 19.9. The topological polar surface area (TPSA) is 49.3 Å². The molecule has 0 amide bonds. The van der Waals surface area contributed by atoms with Crippen molar-refractivity contribution in [1.29, 1.82) is 0 Å². The van der Waals surface area contributed by atoms with Gasteiger partial charge in [-0.3, -0.25) is 4.99 Å². The lowest BCUT2D eigenvalue weighted by atomic mass is 9.92. The fourth-order valence-electron chi connectivity index (χ4n) is 3.22. The summed E-state index contributed by atoms with van der Waals surface area (Å²) < 4.78 is 21.8. The Bertz CT molecular complexity index is 805. The maximum atomic E-state index is 5.55. The molecule has 3 rings (SSSR count). The van der Waals surface area contributed by atoms with Crippen molar-refractivity contribution in [2.24, 2.45) is 4.99 Å². The molecule has 0 spiro atoms.